The van der Waals surface area contributed by atoms with Crippen LogP contribution in [0.1, 0.15) is 24.2 Å². The first-order valence-corrected chi connectivity index (χ1v) is 9.40. The van der Waals surface area contributed by atoms with Crippen LogP contribution in [0.4, 0.5) is 17.1 Å². The highest BCUT2D eigenvalue weighted by Gasteiger charge is 2.22. The number of amides is 1. The van der Waals surface area contributed by atoms with Crippen LogP contribution < -0.4 is 10.2 Å². The van der Waals surface area contributed by atoms with E-state index in [9.17, 15) is 19.7 Å². The molecule has 0 heterocycles. The van der Waals surface area contributed by atoms with E-state index in [1.807, 2.05) is 32.0 Å². The average molecular weight is 415 g/mol. The van der Waals surface area contributed by atoms with Crippen molar-refractivity contribution < 1.29 is 24.0 Å². The van der Waals surface area contributed by atoms with Gasteiger partial charge in [-0.1, -0.05) is 18.2 Å². The zero-order valence-corrected chi connectivity index (χ0v) is 17.2. The van der Waals surface area contributed by atoms with Crippen molar-refractivity contribution in [3.8, 4) is 0 Å². The molecule has 2 aromatic rings. The quantitative estimate of drug-likeness (QED) is 0.274. The molecule has 0 spiro atoms. The minimum atomic E-state index is -0.813. The molecule has 0 radical (unpaired) electrons. The highest BCUT2D eigenvalue weighted by atomic mass is 16.6. The Morgan fingerprint density at radius 3 is 2.47 bits per heavy atom. The maximum atomic E-state index is 12.6. The van der Waals surface area contributed by atoms with Gasteiger partial charge in [-0.2, -0.15) is 0 Å². The van der Waals surface area contributed by atoms with Gasteiger partial charge in [0.25, 0.3) is 11.6 Å². The molecule has 0 aliphatic heterocycles. The van der Waals surface area contributed by atoms with Crippen molar-refractivity contribution in [3.63, 3.8) is 0 Å². The molecule has 1 amide bonds. The molecule has 0 saturated heterocycles. The fraction of sp³-hybridized carbons (Fsp3) is 0.333. The largest absolute Gasteiger partial charge is 0.452 e. The summed E-state index contributed by atoms with van der Waals surface area (Å²) in [4.78, 5) is 37.3. The predicted octanol–water partition coefficient (Wildman–Crippen LogP) is 3.25. The number of ether oxygens (including phenoxy) is 2. The van der Waals surface area contributed by atoms with Gasteiger partial charge in [0, 0.05) is 31.5 Å². The molecule has 0 bridgehead atoms. The van der Waals surface area contributed by atoms with Gasteiger partial charge < -0.3 is 19.7 Å². The van der Waals surface area contributed by atoms with E-state index in [-0.39, 0.29) is 23.0 Å². The van der Waals surface area contributed by atoms with Crippen molar-refractivity contribution in [1.29, 1.82) is 0 Å². The molecule has 0 aliphatic rings. The first-order chi connectivity index (χ1) is 14.3. The number of esters is 1. The lowest BCUT2D eigenvalue weighted by Crippen LogP contribution is -2.39. The number of nitro benzene ring substituents is 1. The number of para-hydroxylation sites is 1. The molecule has 0 aliphatic carbocycles. The summed E-state index contributed by atoms with van der Waals surface area (Å²) in [6.45, 7) is 3.97. The Labute approximate surface area is 174 Å². The first kappa shape index (κ1) is 22.8. The van der Waals surface area contributed by atoms with Gasteiger partial charge in [0.2, 0.25) is 0 Å². The summed E-state index contributed by atoms with van der Waals surface area (Å²) in [5.41, 5.74) is 0.679. The zero-order chi connectivity index (χ0) is 22.1. The van der Waals surface area contributed by atoms with Crippen LogP contribution in [0.3, 0.4) is 0 Å². The third kappa shape index (κ3) is 6.02. The number of benzene rings is 2. The van der Waals surface area contributed by atoms with Crippen molar-refractivity contribution in [2.45, 2.75) is 19.9 Å². The van der Waals surface area contributed by atoms with Gasteiger partial charge in [0.15, 0.2) is 6.61 Å². The van der Waals surface area contributed by atoms with E-state index < -0.39 is 23.4 Å². The maximum absolute atomic E-state index is 12.6. The molecule has 2 aromatic carbocycles. The minimum Gasteiger partial charge on any atom is -0.452 e. The van der Waals surface area contributed by atoms with Crippen LogP contribution in [-0.4, -0.2) is 49.7 Å². The summed E-state index contributed by atoms with van der Waals surface area (Å²) in [5.74, 6) is -1.21. The number of methoxy groups -OCH3 is 1. The van der Waals surface area contributed by atoms with Crippen molar-refractivity contribution in [2.24, 2.45) is 0 Å². The molecule has 9 heteroatoms. The van der Waals surface area contributed by atoms with Crippen LogP contribution in [0.5, 0.6) is 0 Å². The number of nitrogens with one attached hydrogen (secondary N) is 1. The van der Waals surface area contributed by atoms with Crippen LogP contribution >= 0.6 is 0 Å². The molecule has 9 nitrogen and oxygen atoms in total. The molecular formula is C21H25N3O6. The molecule has 0 atom stereocenters. The highest BCUT2D eigenvalue weighted by Crippen LogP contribution is 2.26. The monoisotopic (exact) mass is 415 g/mol. The number of rotatable bonds is 10. The van der Waals surface area contributed by atoms with Crippen LogP contribution in [0.2, 0.25) is 0 Å². The standard InChI is InChI=1S/C21H25N3O6/c1-15(2)23(17-7-5-4-6-8-17)20(25)14-30-21(26)16-9-10-18(22-11-12-29-3)19(13-16)24(27)28/h4-10,13,15,22H,11-12,14H2,1-3H3. The second kappa shape index (κ2) is 10.9. The van der Waals surface area contributed by atoms with E-state index >= 15 is 0 Å². The van der Waals surface area contributed by atoms with Gasteiger partial charge in [-0.3, -0.25) is 14.9 Å². The lowest BCUT2D eigenvalue weighted by atomic mass is 10.1. The summed E-state index contributed by atoms with van der Waals surface area (Å²) in [6, 6.07) is 12.9. The summed E-state index contributed by atoms with van der Waals surface area (Å²) in [6.07, 6.45) is 0. The molecule has 0 saturated carbocycles. The van der Waals surface area contributed by atoms with Crippen LogP contribution in [0.25, 0.3) is 0 Å². The Balaban J connectivity index is 2.08. The first-order valence-electron chi connectivity index (χ1n) is 9.40. The normalized spacial score (nSPS) is 10.5. The van der Waals surface area contributed by atoms with E-state index in [2.05, 4.69) is 5.32 Å². The number of nitrogens with zero attached hydrogens (tertiary/aromatic N) is 2. The van der Waals surface area contributed by atoms with Gasteiger partial charge in [-0.15, -0.1) is 0 Å². The van der Waals surface area contributed by atoms with Crippen molar-refractivity contribution >= 4 is 28.9 Å². The summed E-state index contributed by atoms with van der Waals surface area (Å²) < 4.78 is 10.0. The van der Waals surface area contributed by atoms with E-state index in [0.717, 1.165) is 6.07 Å². The van der Waals surface area contributed by atoms with E-state index in [0.29, 0.717) is 18.8 Å². The zero-order valence-electron chi connectivity index (χ0n) is 17.2. The molecular weight excluding hydrogens is 390 g/mol. The van der Waals surface area contributed by atoms with E-state index in [1.165, 1.54) is 24.1 Å². The van der Waals surface area contributed by atoms with Gasteiger partial charge in [0.1, 0.15) is 5.69 Å². The van der Waals surface area contributed by atoms with E-state index in [1.54, 1.807) is 12.1 Å². The molecule has 0 fully saturated rings. The third-order valence-corrected chi connectivity index (χ3v) is 4.20. The Morgan fingerprint density at radius 1 is 1.17 bits per heavy atom. The molecule has 0 aromatic heterocycles. The number of carbonyl (C=O) groups excluding carboxylic acids is 2. The molecule has 30 heavy (non-hydrogen) atoms. The van der Waals surface area contributed by atoms with Crippen molar-refractivity contribution in [2.75, 3.05) is 37.1 Å². The van der Waals surface area contributed by atoms with Crippen LogP contribution in [0.15, 0.2) is 48.5 Å². The predicted molar refractivity (Wildman–Crippen MR) is 113 cm³/mol. The Hall–Kier alpha value is -3.46. The minimum absolute atomic E-state index is 0.0115. The Kier molecular flexibility index (Phi) is 8.30. The van der Waals surface area contributed by atoms with Crippen molar-refractivity contribution in [3.05, 3.63) is 64.2 Å². The summed E-state index contributed by atoms with van der Waals surface area (Å²) in [5, 5.41) is 14.2. The fourth-order valence-corrected chi connectivity index (χ4v) is 2.85. The molecule has 1 N–H and O–H groups in total. The van der Waals surface area contributed by atoms with Crippen LogP contribution in [-0.2, 0) is 14.3 Å². The van der Waals surface area contributed by atoms with Gasteiger partial charge >= 0.3 is 5.97 Å². The second-order valence-electron chi connectivity index (χ2n) is 6.68. The number of hydrogen-bond acceptors (Lipinski definition) is 7. The fourth-order valence-electron chi connectivity index (χ4n) is 2.85. The maximum Gasteiger partial charge on any atom is 0.338 e. The number of hydrogen-bond donors (Lipinski definition) is 1. The lowest BCUT2D eigenvalue weighted by molar-refractivity contribution is -0.384. The Bertz CT molecular complexity index is 886. The molecule has 0 unspecified atom stereocenters. The van der Waals surface area contributed by atoms with Gasteiger partial charge in [-0.25, -0.2) is 4.79 Å². The van der Waals surface area contributed by atoms with Gasteiger partial charge in [-0.05, 0) is 38.1 Å². The topological polar surface area (TPSA) is 111 Å². The molecule has 160 valence electrons. The number of carbonyl (C=O) groups is 2. The third-order valence-electron chi connectivity index (χ3n) is 4.20. The van der Waals surface area contributed by atoms with Crippen LogP contribution in [0, 0.1) is 10.1 Å². The Morgan fingerprint density at radius 2 is 1.87 bits per heavy atom. The average Bonchev–Trinajstić information content (AvgIpc) is 2.73. The lowest BCUT2D eigenvalue weighted by Gasteiger charge is -2.26. The number of anilines is 2. The molecule has 2 rings (SSSR count). The SMILES string of the molecule is COCCNc1ccc(C(=O)OCC(=O)N(c2ccccc2)C(C)C)cc1[N+](=O)[O-]. The smallest absolute Gasteiger partial charge is 0.338 e. The second-order valence-corrected chi connectivity index (χ2v) is 6.68. The number of nitro groups is 1. The van der Waals surface area contributed by atoms with Crippen molar-refractivity contribution in [1.82, 2.24) is 0 Å². The van der Waals surface area contributed by atoms with Gasteiger partial charge in [0.05, 0.1) is 17.1 Å². The summed E-state index contributed by atoms with van der Waals surface area (Å²) >= 11 is 0. The summed E-state index contributed by atoms with van der Waals surface area (Å²) in [7, 11) is 1.52. The van der Waals surface area contributed by atoms with E-state index in [4.69, 9.17) is 9.47 Å². The highest BCUT2D eigenvalue weighted by molar-refractivity contribution is 5.97.